The second kappa shape index (κ2) is 10.2. The Labute approximate surface area is 174 Å². The Morgan fingerprint density at radius 1 is 1.21 bits per heavy atom. The highest BCUT2D eigenvalue weighted by molar-refractivity contribution is 6.31. The number of amides is 2. The molecule has 1 N–H and O–H groups in total. The first-order valence-electron chi connectivity index (χ1n) is 9.32. The minimum absolute atomic E-state index is 0.0239. The largest absolute Gasteiger partial charge is 0.426 e. The van der Waals surface area contributed by atoms with Gasteiger partial charge in [0.25, 0.3) is 0 Å². The second-order valence-electron chi connectivity index (χ2n) is 6.99. The molecular formula is C20H25ClN2O6. The summed E-state index contributed by atoms with van der Waals surface area (Å²) in [6.45, 7) is 0.516. The van der Waals surface area contributed by atoms with Gasteiger partial charge < -0.3 is 19.7 Å². The van der Waals surface area contributed by atoms with Crippen molar-refractivity contribution in [1.29, 1.82) is 0 Å². The number of hydrogen-bond donors (Lipinski definition) is 1. The Hall–Kier alpha value is -2.61. The Balaban J connectivity index is 1.92. The number of ketones is 1. The quantitative estimate of drug-likeness (QED) is 0.532. The average Bonchev–Trinajstić information content (AvgIpc) is 2.68. The summed E-state index contributed by atoms with van der Waals surface area (Å²) in [4.78, 5) is 48.6. The van der Waals surface area contributed by atoms with Crippen LogP contribution in [0.4, 0.5) is 4.79 Å². The lowest BCUT2D eigenvalue weighted by Crippen LogP contribution is -2.48. The van der Waals surface area contributed by atoms with Crippen molar-refractivity contribution < 1.29 is 28.7 Å². The average molecular weight is 425 g/mol. The number of likely N-dealkylation sites (N-methyl/N-ethyl adjacent to an activating group) is 1. The molecule has 0 radical (unpaired) electrons. The first-order valence-corrected chi connectivity index (χ1v) is 9.70. The predicted molar refractivity (Wildman–Crippen MR) is 105 cm³/mol. The van der Waals surface area contributed by atoms with Crippen LogP contribution in [0.15, 0.2) is 24.3 Å². The van der Waals surface area contributed by atoms with Gasteiger partial charge in [0.1, 0.15) is 12.3 Å². The van der Waals surface area contributed by atoms with E-state index in [-0.39, 0.29) is 24.8 Å². The molecule has 158 valence electrons. The number of nitrogens with zero attached hydrogens (tertiary/aromatic N) is 1. The molecular weight excluding hydrogens is 400 g/mol. The number of benzene rings is 1. The van der Waals surface area contributed by atoms with Crippen LogP contribution < -0.4 is 5.32 Å². The number of carbonyl (C=O) groups excluding carboxylic acids is 4. The molecule has 2 rings (SSSR count). The van der Waals surface area contributed by atoms with E-state index in [2.05, 4.69) is 5.32 Å². The standard InChI is InChI=1S/C20H25ClN2O6/c1-14(24)23(2)11-18(26)28-13-29-19(27)22-12-20(10-6-5-9-17(20)25)15-7-3-4-8-16(15)21/h3-4,7-8H,5-6,9-13H2,1-2H3,(H,22,27)/t20-/m1/s1. The van der Waals surface area contributed by atoms with Crippen molar-refractivity contribution in [3.05, 3.63) is 34.9 Å². The monoisotopic (exact) mass is 424 g/mol. The maximum Gasteiger partial charge on any atom is 0.410 e. The fourth-order valence-corrected chi connectivity index (χ4v) is 3.60. The molecule has 0 bridgehead atoms. The molecule has 29 heavy (non-hydrogen) atoms. The first-order chi connectivity index (χ1) is 13.8. The third kappa shape index (κ3) is 5.93. The molecule has 1 aliphatic rings. The number of nitrogens with one attached hydrogen (secondary N) is 1. The molecule has 0 aliphatic heterocycles. The molecule has 1 atom stereocenters. The number of alkyl carbamates (subject to hydrolysis) is 1. The molecule has 0 saturated heterocycles. The molecule has 9 heteroatoms. The van der Waals surface area contributed by atoms with Crippen molar-refractivity contribution in [3.8, 4) is 0 Å². The normalized spacial score (nSPS) is 18.7. The van der Waals surface area contributed by atoms with Crippen LogP contribution in [0.3, 0.4) is 0 Å². The topological polar surface area (TPSA) is 102 Å². The van der Waals surface area contributed by atoms with Crippen LogP contribution in [0.2, 0.25) is 5.02 Å². The molecule has 0 heterocycles. The molecule has 1 aromatic carbocycles. The lowest BCUT2D eigenvalue weighted by atomic mass is 9.68. The molecule has 1 fully saturated rings. The van der Waals surface area contributed by atoms with E-state index in [1.165, 1.54) is 18.9 Å². The number of hydrogen-bond acceptors (Lipinski definition) is 6. The highest BCUT2D eigenvalue weighted by Gasteiger charge is 2.42. The van der Waals surface area contributed by atoms with Gasteiger partial charge in [-0.05, 0) is 24.5 Å². The maximum atomic E-state index is 12.8. The van der Waals surface area contributed by atoms with Crippen molar-refractivity contribution in [2.24, 2.45) is 0 Å². The summed E-state index contributed by atoms with van der Waals surface area (Å²) in [6, 6.07) is 7.11. The summed E-state index contributed by atoms with van der Waals surface area (Å²) in [5.41, 5.74) is -0.221. The zero-order chi connectivity index (χ0) is 21.4. The lowest BCUT2D eigenvalue weighted by Gasteiger charge is -2.36. The van der Waals surface area contributed by atoms with E-state index in [9.17, 15) is 19.2 Å². The van der Waals surface area contributed by atoms with Gasteiger partial charge in [0.05, 0.1) is 5.41 Å². The number of Topliss-reactive ketones (excluding diaryl/α,β-unsaturated/α-hetero) is 1. The van der Waals surface area contributed by atoms with Crippen molar-refractivity contribution in [1.82, 2.24) is 10.2 Å². The zero-order valence-electron chi connectivity index (χ0n) is 16.5. The number of ether oxygens (including phenoxy) is 2. The molecule has 1 saturated carbocycles. The van der Waals surface area contributed by atoms with Gasteiger partial charge in [-0.1, -0.05) is 36.2 Å². The minimum atomic E-state index is -0.906. The lowest BCUT2D eigenvalue weighted by molar-refractivity contribution is -0.155. The third-order valence-electron chi connectivity index (χ3n) is 5.03. The number of esters is 1. The fraction of sp³-hybridized carbons (Fsp3) is 0.500. The van der Waals surface area contributed by atoms with Crippen LogP contribution in [-0.2, 0) is 29.3 Å². The second-order valence-corrected chi connectivity index (χ2v) is 7.39. The summed E-state index contributed by atoms with van der Waals surface area (Å²) in [5, 5.41) is 3.06. The van der Waals surface area contributed by atoms with Crippen LogP contribution in [0.1, 0.15) is 38.2 Å². The molecule has 0 aromatic heterocycles. The fourth-order valence-electron chi connectivity index (χ4n) is 3.28. The van der Waals surface area contributed by atoms with Gasteiger partial charge in [-0.3, -0.25) is 14.4 Å². The number of rotatable bonds is 7. The van der Waals surface area contributed by atoms with Gasteiger partial charge in [-0.2, -0.15) is 0 Å². The van der Waals surface area contributed by atoms with E-state index in [0.717, 1.165) is 12.8 Å². The Bertz CT molecular complexity index is 784. The molecule has 0 unspecified atom stereocenters. The van der Waals surface area contributed by atoms with Crippen LogP contribution in [-0.4, -0.2) is 55.6 Å². The van der Waals surface area contributed by atoms with Crippen molar-refractivity contribution in [2.75, 3.05) is 26.9 Å². The van der Waals surface area contributed by atoms with Gasteiger partial charge >= 0.3 is 12.1 Å². The van der Waals surface area contributed by atoms with Crippen LogP contribution >= 0.6 is 11.6 Å². The minimum Gasteiger partial charge on any atom is -0.426 e. The van der Waals surface area contributed by atoms with E-state index < -0.39 is 24.3 Å². The number of halogens is 1. The highest BCUT2D eigenvalue weighted by atomic mass is 35.5. The summed E-state index contributed by atoms with van der Waals surface area (Å²) in [5.74, 6) is -0.969. The van der Waals surface area contributed by atoms with E-state index in [1.54, 1.807) is 24.3 Å². The Kier molecular flexibility index (Phi) is 8.01. The Morgan fingerprint density at radius 2 is 1.93 bits per heavy atom. The van der Waals surface area contributed by atoms with Crippen molar-refractivity contribution >= 4 is 35.4 Å². The highest BCUT2D eigenvalue weighted by Crippen LogP contribution is 2.39. The smallest absolute Gasteiger partial charge is 0.410 e. The van der Waals surface area contributed by atoms with Crippen molar-refractivity contribution in [3.63, 3.8) is 0 Å². The van der Waals surface area contributed by atoms with Crippen LogP contribution in [0.25, 0.3) is 0 Å². The Morgan fingerprint density at radius 3 is 2.59 bits per heavy atom. The van der Waals surface area contributed by atoms with E-state index in [4.69, 9.17) is 21.1 Å². The molecule has 0 spiro atoms. The summed E-state index contributed by atoms with van der Waals surface area (Å²) in [6.07, 6.45) is 1.82. The maximum absolute atomic E-state index is 12.8. The molecule has 1 aromatic rings. The third-order valence-corrected chi connectivity index (χ3v) is 5.36. The van der Waals surface area contributed by atoms with Gasteiger partial charge in [-0.15, -0.1) is 0 Å². The first kappa shape index (κ1) is 22.7. The summed E-state index contributed by atoms with van der Waals surface area (Å²) in [7, 11) is 1.45. The molecule has 1 aliphatic carbocycles. The van der Waals surface area contributed by atoms with Crippen molar-refractivity contribution in [2.45, 2.75) is 38.0 Å². The number of carbonyl (C=O) groups is 4. The summed E-state index contributed by atoms with van der Waals surface area (Å²) >= 11 is 6.33. The predicted octanol–water partition coefficient (Wildman–Crippen LogP) is 2.43. The van der Waals surface area contributed by atoms with Gasteiger partial charge in [0.15, 0.2) is 0 Å². The van der Waals surface area contributed by atoms with Gasteiger partial charge in [0.2, 0.25) is 12.7 Å². The summed E-state index contributed by atoms with van der Waals surface area (Å²) < 4.78 is 9.62. The molecule has 2 amide bonds. The SMILES string of the molecule is CC(=O)N(C)CC(=O)OCOC(=O)NC[C@@]1(c2ccccc2Cl)CCCCC1=O. The molecule has 8 nitrogen and oxygen atoms in total. The van der Waals surface area contributed by atoms with Crippen LogP contribution in [0, 0.1) is 0 Å². The zero-order valence-corrected chi connectivity index (χ0v) is 17.3. The van der Waals surface area contributed by atoms with E-state index in [0.29, 0.717) is 23.4 Å². The van der Waals surface area contributed by atoms with Gasteiger partial charge in [0, 0.05) is 32.0 Å². The van der Waals surface area contributed by atoms with Gasteiger partial charge in [-0.25, -0.2) is 4.79 Å². The van der Waals surface area contributed by atoms with E-state index >= 15 is 0 Å². The van der Waals surface area contributed by atoms with Crippen LogP contribution in [0.5, 0.6) is 0 Å². The van der Waals surface area contributed by atoms with E-state index in [1.807, 2.05) is 0 Å².